The Balaban J connectivity index is 2.35. The second-order valence-corrected chi connectivity index (χ2v) is 5.61. The van der Waals surface area contributed by atoms with E-state index >= 15 is 0 Å². The fourth-order valence-electron chi connectivity index (χ4n) is 1.56. The van der Waals surface area contributed by atoms with Crippen LogP contribution in [0.4, 0.5) is 0 Å². The number of halogens is 3. The average molecular weight is 378 g/mol. The number of Topliss-reactive ketones (excluding diaryl/α,β-unsaturated/α-hetero) is 1. The zero-order chi connectivity index (χ0) is 14.9. The van der Waals surface area contributed by atoms with Crippen LogP contribution in [0, 0.1) is 0 Å². The molecule has 1 aromatic carbocycles. The van der Waals surface area contributed by atoms with Crippen LogP contribution in [0.15, 0.2) is 38.5 Å². The monoisotopic (exact) mass is 376 g/mol. The van der Waals surface area contributed by atoms with E-state index in [1.807, 2.05) is 0 Å². The first-order chi connectivity index (χ1) is 9.38. The number of aromatic nitrogens is 2. The van der Waals surface area contributed by atoms with Crippen molar-refractivity contribution in [3.8, 4) is 0 Å². The molecule has 0 aliphatic heterocycles. The van der Waals surface area contributed by atoms with Gasteiger partial charge in [-0.25, -0.2) is 4.79 Å². The lowest BCUT2D eigenvalue weighted by Gasteiger charge is -2.06. The fraction of sp³-hybridized carbons (Fsp3) is 0.0833. The largest absolute Gasteiger partial charge is 0.328 e. The molecular formula is C12H7BrCl2N2O3. The van der Waals surface area contributed by atoms with E-state index in [0.717, 1.165) is 4.57 Å². The first kappa shape index (κ1) is 15.0. The van der Waals surface area contributed by atoms with Gasteiger partial charge in [0.1, 0.15) is 0 Å². The van der Waals surface area contributed by atoms with E-state index in [-0.39, 0.29) is 27.4 Å². The number of ketones is 1. The van der Waals surface area contributed by atoms with Crippen molar-refractivity contribution in [2.24, 2.45) is 0 Å². The van der Waals surface area contributed by atoms with Gasteiger partial charge >= 0.3 is 5.69 Å². The third-order valence-corrected chi connectivity index (χ3v) is 3.63. The molecule has 0 aliphatic carbocycles. The summed E-state index contributed by atoms with van der Waals surface area (Å²) in [6.45, 7) is -0.241. The molecule has 2 rings (SSSR count). The van der Waals surface area contributed by atoms with E-state index in [1.165, 1.54) is 24.4 Å². The summed E-state index contributed by atoms with van der Waals surface area (Å²) in [6.07, 6.45) is 1.25. The highest BCUT2D eigenvalue weighted by Crippen LogP contribution is 2.21. The predicted octanol–water partition coefficient (Wildman–Crippen LogP) is 2.49. The number of rotatable bonds is 3. The number of hydrogen-bond acceptors (Lipinski definition) is 3. The van der Waals surface area contributed by atoms with E-state index in [1.54, 1.807) is 0 Å². The number of carbonyl (C=O) groups excluding carboxylic acids is 1. The van der Waals surface area contributed by atoms with Crippen LogP contribution >= 0.6 is 39.1 Å². The maximum Gasteiger partial charge on any atom is 0.328 e. The van der Waals surface area contributed by atoms with Gasteiger partial charge in [-0.1, -0.05) is 23.2 Å². The summed E-state index contributed by atoms with van der Waals surface area (Å²) in [5.41, 5.74) is -0.967. The van der Waals surface area contributed by atoms with Gasteiger partial charge in [0.2, 0.25) is 0 Å². The molecule has 0 unspecified atom stereocenters. The molecular weight excluding hydrogens is 371 g/mol. The van der Waals surface area contributed by atoms with E-state index in [2.05, 4.69) is 20.9 Å². The molecule has 0 saturated heterocycles. The van der Waals surface area contributed by atoms with E-state index in [4.69, 9.17) is 23.2 Å². The molecule has 0 amide bonds. The molecule has 0 aliphatic rings. The molecule has 104 valence electrons. The third kappa shape index (κ3) is 3.20. The Bertz CT molecular complexity index is 798. The SMILES string of the molecule is O=C(Cn1cc(Br)c(=O)[nH]c1=O)c1ccc(Cl)cc1Cl. The molecule has 0 bridgehead atoms. The molecule has 2 aromatic rings. The number of benzene rings is 1. The standard InChI is InChI=1S/C12H7BrCl2N2O3/c13-8-4-17(12(20)16-11(8)19)5-10(18)7-2-1-6(14)3-9(7)15/h1-4H,5H2,(H,16,19,20). The maximum atomic E-state index is 12.1. The van der Waals surface area contributed by atoms with E-state index in [0.29, 0.717) is 5.02 Å². The molecule has 1 N–H and O–H groups in total. The first-order valence-electron chi connectivity index (χ1n) is 5.36. The maximum absolute atomic E-state index is 12.1. The number of aromatic amines is 1. The number of carbonyl (C=O) groups is 1. The summed E-state index contributed by atoms with van der Waals surface area (Å²) in [6, 6.07) is 4.47. The Morgan fingerprint density at radius 3 is 2.65 bits per heavy atom. The number of hydrogen-bond donors (Lipinski definition) is 1. The van der Waals surface area contributed by atoms with Crippen LogP contribution in [-0.4, -0.2) is 15.3 Å². The van der Waals surface area contributed by atoms with Crippen molar-refractivity contribution >= 4 is 44.9 Å². The van der Waals surface area contributed by atoms with Gasteiger partial charge in [0.15, 0.2) is 5.78 Å². The summed E-state index contributed by atoms with van der Waals surface area (Å²) < 4.78 is 1.24. The third-order valence-electron chi connectivity index (χ3n) is 2.51. The minimum Gasteiger partial charge on any atom is -0.292 e. The van der Waals surface area contributed by atoms with Crippen LogP contribution in [-0.2, 0) is 6.54 Å². The highest BCUT2D eigenvalue weighted by atomic mass is 79.9. The molecule has 1 heterocycles. The van der Waals surface area contributed by atoms with Gasteiger partial charge in [-0.15, -0.1) is 0 Å². The Morgan fingerprint density at radius 1 is 1.30 bits per heavy atom. The van der Waals surface area contributed by atoms with Gasteiger partial charge in [0, 0.05) is 16.8 Å². The summed E-state index contributed by atoms with van der Waals surface area (Å²) in [5.74, 6) is -0.368. The summed E-state index contributed by atoms with van der Waals surface area (Å²) in [7, 11) is 0. The van der Waals surface area contributed by atoms with Crippen molar-refractivity contribution in [2.75, 3.05) is 0 Å². The zero-order valence-corrected chi connectivity index (χ0v) is 12.9. The van der Waals surface area contributed by atoms with Crippen molar-refractivity contribution in [1.29, 1.82) is 0 Å². The first-order valence-corrected chi connectivity index (χ1v) is 6.91. The number of nitrogens with zero attached hydrogens (tertiary/aromatic N) is 1. The lowest BCUT2D eigenvalue weighted by Crippen LogP contribution is -2.32. The van der Waals surface area contributed by atoms with Crippen LogP contribution in [0.3, 0.4) is 0 Å². The molecule has 0 saturated carbocycles. The molecule has 0 atom stereocenters. The Labute approximate surface area is 131 Å². The van der Waals surface area contributed by atoms with Crippen LogP contribution in [0.1, 0.15) is 10.4 Å². The minimum absolute atomic E-state index is 0.159. The lowest BCUT2D eigenvalue weighted by atomic mass is 10.1. The molecule has 5 nitrogen and oxygen atoms in total. The average Bonchev–Trinajstić information content (AvgIpc) is 2.35. The second-order valence-electron chi connectivity index (χ2n) is 3.91. The number of H-pyrrole nitrogens is 1. The van der Waals surface area contributed by atoms with Gasteiger partial charge in [-0.05, 0) is 34.1 Å². The Hall–Kier alpha value is -1.37. The van der Waals surface area contributed by atoms with Crippen molar-refractivity contribution in [3.05, 3.63) is 65.3 Å². The van der Waals surface area contributed by atoms with Crippen LogP contribution in [0.2, 0.25) is 10.0 Å². The fourth-order valence-corrected chi connectivity index (χ4v) is 2.42. The normalized spacial score (nSPS) is 10.6. The molecule has 0 fully saturated rings. The van der Waals surface area contributed by atoms with E-state index < -0.39 is 11.2 Å². The van der Waals surface area contributed by atoms with Crippen LogP contribution < -0.4 is 11.2 Å². The summed E-state index contributed by atoms with van der Waals surface area (Å²) in [4.78, 5) is 37.0. The Morgan fingerprint density at radius 2 is 2.00 bits per heavy atom. The summed E-state index contributed by atoms with van der Waals surface area (Å²) in [5, 5.41) is 0.620. The van der Waals surface area contributed by atoms with Gasteiger partial charge in [-0.2, -0.15) is 0 Å². The van der Waals surface area contributed by atoms with Gasteiger partial charge < -0.3 is 0 Å². The summed E-state index contributed by atoms with van der Waals surface area (Å²) >= 11 is 14.7. The van der Waals surface area contributed by atoms with E-state index in [9.17, 15) is 14.4 Å². The Kier molecular flexibility index (Phi) is 4.47. The molecule has 0 radical (unpaired) electrons. The van der Waals surface area contributed by atoms with Gasteiger partial charge in [0.25, 0.3) is 5.56 Å². The van der Waals surface area contributed by atoms with Crippen molar-refractivity contribution in [3.63, 3.8) is 0 Å². The minimum atomic E-state index is -0.670. The topological polar surface area (TPSA) is 71.9 Å². The second kappa shape index (κ2) is 5.95. The smallest absolute Gasteiger partial charge is 0.292 e. The molecule has 20 heavy (non-hydrogen) atoms. The van der Waals surface area contributed by atoms with Crippen LogP contribution in [0.5, 0.6) is 0 Å². The van der Waals surface area contributed by atoms with Crippen LogP contribution in [0.25, 0.3) is 0 Å². The molecule has 1 aromatic heterocycles. The number of nitrogens with one attached hydrogen (secondary N) is 1. The molecule has 0 spiro atoms. The van der Waals surface area contributed by atoms with Crippen molar-refractivity contribution in [2.45, 2.75) is 6.54 Å². The lowest BCUT2D eigenvalue weighted by molar-refractivity contribution is 0.0970. The van der Waals surface area contributed by atoms with Gasteiger partial charge in [-0.3, -0.25) is 19.1 Å². The van der Waals surface area contributed by atoms with Crippen molar-refractivity contribution in [1.82, 2.24) is 9.55 Å². The van der Waals surface area contributed by atoms with Gasteiger partial charge in [0.05, 0.1) is 16.0 Å². The van der Waals surface area contributed by atoms with Crippen molar-refractivity contribution < 1.29 is 4.79 Å². The highest BCUT2D eigenvalue weighted by molar-refractivity contribution is 9.10. The predicted molar refractivity (Wildman–Crippen MR) is 79.8 cm³/mol. The quantitative estimate of drug-likeness (QED) is 0.835. The molecule has 8 heteroatoms. The highest BCUT2D eigenvalue weighted by Gasteiger charge is 2.13. The zero-order valence-electron chi connectivity index (χ0n) is 9.82.